The summed E-state index contributed by atoms with van der Waals surface area (Å²) < 4.78 is 22.1. The van der Waals surface area contributed by atoms with Crippen LogP contribution in [0.4, 0.5) is 10.3 Å². The van der Waals surface area contributed by atoms with Crippen molar-refractivity contribution in [2.75, 3.05) is 5.73 Å². The lowest BCUT2D eigenvalue weighted by atomic mass is 10.0. The number of nitrogens with zero attached hydrogens (tertiary/aromatic N) is 7. The fourth-order valence-corrected chi connectivity index (χ4v) is 3.49. The zero-order chi connectivity index (χ0) is 22.2. The monoisotopic (exact) mass is 426 g/mol. The van der Waals surface area contributed by atoms with E-state index in [1.165, 1.54) is 23.0 Å². The number of oxazole rings is 1. The zero-order valence-electron chi connectivity index (χ0n) is 16.8. The molecule has 0 unspecified atom stereocenters. The maximum Gasteiger partial charge on any atom is 0.223 e. The first-order chi connectivity index (χ1) is 15.6. The second kappa shape index (κ2) is 7.55. The average molecular weight is 426 g/mol. The number of nitrogens with two attached hydrogens (primary N) is 1. The lowest BCUT2D eigenvalue weighted by Gasteiger charge is -2.11. The largest absolute Gasteiger partial charge is 0.443 e. The van der Waals surface area contributed by atoms with Gasteiger partial charge in [-0.2, -0.15) is 9.78 Å². The summed E-state index contributed by atoms with van der Waals surface area (Å²) in [5, 5.41) is 13.7. The number of nitriles is 1. The first kappa shape index (κ1) is 19.3. The number of halogens is 1. The standard InChI is InChI=1S/C22H15FN8O/c1-12-20(32-11-27-12)17-19(15-7-4-5-13(10-24)18(15)23)29-22(25)31-21(17)28-16(30-31)9-14-6-2-3-8-26-14/h2-8,11H,9H2,1H3,(H2,25,29). The van der Waals surface area contributed by atoms with Gasteiger partial charge >= 0.3 is 0 Å². The van der Waals surface area contributed by atoms with E-state index in [1.807, 2.05) is 24.3 Å². The minimum Gasteiger partial charge on any atom is -0.443 e. The molecule has 0 aliphatic rings. The van der Waals surface area contributed by atoms with Gasteiger partial charge in [0.15, 0.2) is 23.6 Å². The van der Waals surface area contributed by atoms with E-state index in [1.54, 1.807) is 19.2 Å². The van der Waals surface area contributed by atoms with E-state index < -0.39 is 5.82 Å². The quantitative estimate of drug-likeness (QED) is 0.463. The van der Waals surface area contributed by atoms with Crippen LogP contribution in [0.15, 0.2) is 53.4 Å². The van der Waals surface area contributed by atoms with E-state index in [4.69, 9.17) is 10.2 Å². The molecule has 0 bridgehead atoms. The fraction of sp³-hybridized carbons (Fsp3) is 0.0909. The maximum absolute atomic E-state index is 15.1. The van der Waals surface area contributed by atoms with Gasteiger partial charge in [-0.25, -0.2) is 19.3 Å². The van der Waals surface area contributed by atoms with Gasteiger partial charge in [0, 0.05) is 17.5 Å². The van der Waals surface area contributed by atoms with Crippen molar-refractivity contribution in [1.29, 1.82) is 5.26 Å². The summed E-state index contributed by atoms with van der Waals surface area (Å²) >= 11 is 0. The summed E-state index contributed by atoms with van der Waals surface area (Å²) in [6.45, 7) is 1.75. The van der Waals surface area contributed by atoms with Gasteiger partial charge in [0.1, 0.15) is 11.9 Å². The Morgan fingerprint density at radius 3 is 2.75 bits per heavy atom. The van der Waals surface area contributed by atoms with E-state index in [0.717, 1.165) is 5.69 Å². The van der Waals surface area contributed by atoms with Gasteiger partial charge in [-0.15, -0.1) is 5.10 Å². The number of hydrogen-bond donors (Lipinski definition) is 1. The van der Waals surface area contributed by atoms with Crippen LogP contribution in [0.3, 0.4) is 0 Å². The Balaban J connectivity index is 1.80. The number of benzene rings is 1. The van der Waals surface area contributed by atoms with E-state index >= 15 is 4.39 Å². The number of rotatable bonds is 4. The van der Waals surface area contributed by atoms with E-state index in [9.17, 15) is 5.26 Å². The molecule has 9 nitrogen and oxygen atoms in total. The zero-order valence-corrected chi connectivity index (χ0v) is 16.8. The molecule has 0 aliphatic heterocycles. The number of nitrogen functional groups attached to an aromatic ring is 1. The lowest BCUT2D eigenvalue weighted by molar-refractivity contribution is 0.571. The first-order valence-electron chi connectivity index (χ1n) is 9.61. The Kier molecular flexibility index (Phi) is 4.56. The average Bonchev–Trinajstić information content (AvgIpc) is 3.41. The molecular weight excluding hydrogens is 411 g/mol. The second-order valence-corrected chi connectivity index (χ2v) is 7.00. The van der Waals surface area contributed by atoms with Crippen molar-refractivity contribution in [1.82, 2.24) is 29.5 Å². The van der Waals surface area contributed by atoms with Gasteiger partial charge in [-0.3, -0.25) is 4.98 Å². The third kappa shape index (κ3) is 3.13. The van der Waals surface area contributed by atoms with Crippen LogP contribution >= 0.6 is 0 Å². The fourth-order valence-electron chi connectivity index (χ4n) is 3.49. The third-order valence-electron chi connectivity index (χ3n) is 4.97. The molecule has 2 N–H and O–H groups in total. The predicted molar refractivity (Wildman–Crippen MR) is 113 cm³/mol. The highest BCUT2D eigenvalue weighted by molar-refractivity contribution is 5.89. The first-order valence-corrected chi connectivity index (χ1v) is 9.61. The summed E-state index contributed by atoms with van der Waals surface area (Å²) in [5.74, 6) is 0.116. The van der Waals surface area contributed by atoms with E-state index in [2.05, 4.69) is 25.0 Å². The highest BCUT2D eigenvalue weighted by Crippen LogP contribution is 2.37. The molecule has 1 aromatic carbocycles. The van der Waals surface area contributed by atoms with Crippen LogP contribution in [0.25, 0.3) is 28.2 Å². The Morgan fingerprint density at radius 2 is 2.03 bits per heavy atom. The van der Waals surface area contributed by atoms with Crippen molar-refractivity contribution in [2.45, 2.75) is 13.3 Å². The van der Waals surface area contributed by atoms with Crippen LogP contribution in [0.5, 0.6) is 0 Å². The molecule has 32 heavy (non-hydrogen) atoms. The Labute approximate surface area is 181 Å². The molecular formula is C22H15FN8O. The number of aryl methyl sites for hydroxylation is 1. The molecule has 5 rings (SSSR count). The molecule has 0 radical (unpaired) electrons. The van der Waals surface area contributed by atoms with Crippen molar-refractivity contribution in [2.24, 2.45) is 0 Å². The summed E-state index contributed by atoms with van der Waals surface area (Å²) in [5.41, 5.74) is 8.40. The van der Waals surface area contributed by atoms with Crippen LogP contribution in [0, 0.1) is 24.1 Å². The molecule has 156 valence electrons. The normalized spacial score (nSPS) is 11.0. The molecule has 4 aromatic heterocycles. The number of aromatic nitrogens is 6. The molecule has 0 amide bonds. The second-order valence-electron chi connectivity index (χ2n) is 7.00. The highest BCUT2D eigenvalue weighted by atomic mass is 19.1. The maximum atomic E-state index is 15.1. The lowest BCUT2D eigenvalue weighted by Crippen LogP contribution is -2.07. The third-order valence-corrected chi connectivity index (χ3v) is 4.97. The van der Waals surface area contributed by atoms with E-state index in [0.29, 0.717) is 34.9 Å². The van der Waals surface area contributed by atoms with Gasteiger partial charge in [0.25, 0.3) is 0 Å². The molecule has 0 saturated heterocycles. The Bertz CT molecular complexity index is 1500. The Morgan fingerprint density at radius 1 is 1.16 bits per heavy atom. The van der Waals surface area contributed by atoms with Crippen LogP contribution in [0.1, 0.15) is 22.8 Å². The van der Waals surface area contributed by atoms with Crippen molar-refractivity contribution in [3.63, 3.8) is 0 Å². The topological polar surface area (TPSA) is 132 Å². The van der Waals surface area contributed by atoms with Crippen molar-refractivity contribution >= 4 is 11.6 Å². The number of fused-ring (bicyclic) bond motifs is 1. The highest BCUT2D eigenvalue weighted by Gasteiger charge is 2.26. The van der Waals surface area contributed by atoms with Gasteiger partial charge in [0.05, 0.1) is 28.9 Å². The van der Waals surface area contributed by atoms with Gasteiger partial charge in [-0.1, -0.05) is 12.1 Å². The van der Waals surface area contributed by atoms with Crippen LogP contribution in [-0.4, -0.2) is 29.5 Å². The van der Waals surface area contributed by atoms with Crippen LogP contribution in [0.2, 0.25) is 0 Å². The summed E-state index contributed by atoms with van der Waals surface area (Å²) in [4.78, 5) is 17.5. The van der Waals surface area contributed by atoms with Crippen molar-refractivity contribution in [3.8, 4) is 28.7 Å². The number of anilines is 1. The molecule has 0 aliphatic carbocycles. The molecule has 10 heteroatoms. The molecule has 4 heterocycles. The predicted octanol–water partition coefficient (Wildman–Crippen LogP) is 3.33. The van der Waals surface area contributed by atoms with Crippen LogP contribution in [-0.2, 0) is 6.42 Å². The summed E-state index contributed by atoms with van der Waals surface area (Å²) in [6, 6.07) is 11.9. The molecule has 0 saturated carbocycles. The van der Waals surface area contributed by atoms with Gasteiger partial charge in [0.2, 0.25) is 5.95 Å². The Hall–Kier alpha value is -4.65. The molecule has 0 atom stereocenters. The number of hydrogen-bond acceptors (Lipinski definition) is 8. The van der Waals surface area contributed by atoms with E-state index in [-0.39, 0.29) is 22.8 Å². The molecule has 0 spiro atoms. The number of pyridine rings is 1. The smallest absolute Gasteiger partial charge is 0.223 e. The molecule has 5 aromatic rings. The van der Waals surface area contributed by atoms with Crippen molar-refractivity contribution in [3.05, 3.63) is 77.6 Å². The van der Waals surface area contributed by atoms with Crippen molar-refractivity contribution < 1.29 is 8.81 Å². The van der Waals surface area contributed by atoms with Crippen LogP contribution < -0.4 is 5.73 Å². The van der Waals surface area contributed by atoms with Gasteiger partial charge in [-0.05, 0) is 31.2 Å². The molecule has 0 fully saturated rings. The SMILES string of the molecule is Cc1ncoc1-c1c(-c2cccc(C#N)c2F)nc(N)n2nc(Cc3ccccn3)nc12. The summed E-state index contributed by atoms with van der Waals surface area (Å²) in [6.07, 6.45) is 3.34. The minimum absolute atomic E-state index is 0.0115. The van der Waals surface area contributed by atoms with Gasteiger partial charge < -0.3 is 10.2 Å². The summed E-state index contributed by atoms with van der Waals surface area (Å²) in [7, 11) is 0. The minimum atomic E-state index is -0.710.